The SMILES string of the molecule is CCNC(=NCc1noc(C)n1)N1CCN(Cc2cccs2)CC1.I. The van der Waals surface area contributed by atoms with Crippen LogP contribution in [0.1, 0.15) is 23.5 Å². The average molecular weight is 476 g/mol. The van der Waals surface area contributed by atoms with Crippen molar-refractivity contribution in [1.82, 2.24) is 25.3 Å². The Morgan fingerprint density at radius 3 is 2.76 bits per heavy atom. The van der Waals surface area contributed by atoms with Crippen LogP contribution < -0.4 is 5.32 Å². The lowest BCUT2D eigenvalue weighted by molar-refractivity contribution is 0.173. The maximum atomic E-state index is 5.00. The fraction of sp³-hybridized carbons (Fsp3) is 0.562. The summed E-state index contributed by atoms with van der Waals surface area (Å²) in [4.78, 5) is 15.1. The number of hydrogen-bond donors (Lipinski definition) is 1. The zero-order chi connectivity index (χ0) is 16.8. The van der Waals surface area contributed by atoms with Gasteiger partial charge in [-0.3, -0.25) is 4.90 Å². The zero-order valence-corrected chi connectivity index (χ0v) is 17.8. The highest BCUT2D eigenvalue weighted by Crippen LogP contribution is 2.13. The van der Waals surface area contributed by atoms with E-state index in [0.717, 1.165) is 45.2 Å². The third-order valence-corrected chi connectivity index (χ3v) is 4.77. The van der Waals surface area contributed by atoms with Gasteiger partial charge in [0.15, 0.2) is 11.8 Å². The summed E-state index contributed by atoms with van der Waals surface area (Å²) in [5, 5.41) is 9.40. The summed E-state index contributed by atoms with van der Waals surface area (Å²) in [6, 6.07) is 4.32. The Kier molecular flexibility index (Phi) is 8.10. The topological polar surface area (TPSA) is 69.8 Å². The van der Waals surface area contributed by atoms with Crippen LogP contribution >= 0.6 is 35.3 Å². The summed E-state index contributed by atoms with van der Waals surface area (Å²) in [6.45, 7) is 10.2. The van der Waals surface area contributed by atoms with Crippen molar-refractivity contribution in [2.24, 2.45) is 4.99 Å². The van der Waals surface area contributed by atoms with Gasteiger partial charge in [-0.2, -0.15) is 4.98 Å². The van der Waals surface area contributed by atoms with Crippen LogP contribution in [0.2, 0.25) is 0 Å². The molecule has 0 saturated carbocycles. The normalized spacial score (nSPS) is 15.9. The summed E-state index contributed by atoms with van der Waals surface area (Å²) < 4.78 is 5.00. The first-order valence-electron chi connectivity index (χ1n) is 8.32. The van der Waals surface area contributed by atoms with E-state index in [0.29, 0.717) is 18.3 Å². The van der Waals surface area contributed by atoms with Gasteiger partial charge in [-0.05, 0) is 18.4 Å². The second-order valence-electron chi connectivity index (χ2n) is 5.74. The molecule has 2 aromatic heterocycles. The lowest BCUT2D eigenvalue weighted by Crippen LogP contribution is -2.52. The Morgan fingerprint density at radius 2 is 2.16 bits per heavy atom. The van der Waals surface area contributed by atoms with Crippen molar-refractivity contribution < 1.29 is 4.52 Å². The molecule has 2 aromatic rings. The number of rotatable bonds is 5. The minimum atomic E-state index is 0. The van der Waals surface area contributed by atoms with E-state index < -0.39 is 0 Å². The van der Waals surface area contributed by atoms with Crippen molar-refractivity contribution in [3.8, 4) is 0 Å². The van der Waals surface area contributed by atoms with Gasteiger partial charge in [-0.25, -0.2) is 4.99 Å². The number of hydrogen-bond acceptors (Lipinski definition) is 6. The molecule has 0 aliphatic carbocycles. The number of nitrogens with zero attached hydrogens (tertiary/aromatic N) is 5. The molecule has 1 N–H and O–H groups in total. The first kappa shape index (κ1) is 20.1. The fourth-order valence-electron chi connectivity index (χ4n) is 2.72. The number of aromatic nitrogens is 2. The van der Waals surface area contributed by atoms with Crippen molar-refractivity contribution in [2.75, 3.05) is 32.7 Å². The number of guanidine groups is 1. The average Bonchev–Trinajstić information content (AvgIpc) is 3.24. The zero-order valence-electron chi connectivity index (χ0n) is 14.6. The summed E-state index contributed by atoms with van der Waals surface area (Å²) in [5.41, 5.74) is 0. The van der Waals surface area contributed by atoms with E-state index in [1.54, 1.807) is 6.92 Å². The van der Waals surface area contributed by atoms with E-state index in [1.807, 2.05) is 11.3 Å². The molecule has 1 aliphatic rings. The lowest BCUT2D eigenvalue weighted by Gasteiger charge is -2.36. The van der Waals surface area contributed by atoms with Gasteiger partial charge in [-0.15, -0.1) is 35.3 Å². The van der Waals surface area contributed by atoms with E-state index >= 15 is 0 Å². The van der Waals surface area contributed by atoms with Crippen LogP contribution in [0.15, 0.2) is 27.0 Å². The highest BCUT2D eigenvalue weighted by atomic mass is 127. The van der Waals surface area contributed by atoms with Crippen molar-refractivity contribution in [3.05, 3.63) is 34.1 Å². The van der Waals surface area contributed by atoms with Crippen LogP contribution in [0.5, 0.6) is 0 Å². The van der Waals surface area contributed by atoms with Crippen LogP contribution in [-0.2, 0) is 13.1 Å². The molecule has 0 unspecified atom stereocenters. The smallest absolute Gasteiger partial charge is 0.223 e. The summed E-state index contributed by atoms with van der Waals surface area (Å²) in [5.74, 6) is 2.13. The molecule has 25 heavy (non-hydrogen) atoms. The molecular weight excluding hydrogens is 451 g/mol. The molecule has 3 rings (SSSR count). The molecule has 0 bridgehead atoms. The molecule has 1 saturated heterocycles. The third-order valence-electron chi connectivity index (χ3n) is 3.91. The van der Waals surface area contributed by atoms with Gasteiger partial charge in [0.2, 0.25) is 5.89 Å². The van der Waals surface area contributed by atoms with Gasteiger partial charge in [0.1, 0.15) is 6.54 Å². The standard InChI is InChI=1S/C16H24N6OS.HI/c1-3-17-16(18-11-15-19-13(2)23-20-15)22-8-6-21(7-9-22)12-14-5-4-10-24-14;/h4-5,10H,3,6-9,11-12H2,1-2H3,(H,17,18);1H. The summed E-state index contributed by atoms with van der Waals surface area (Å²) in [6.07, 6.45) is 0. The van der Waals surface area contributed by atoms with Crippen LogP contribution in [0.4, 0.5) is 0 Å². The van der Waals surface area contributed by atoms with Crippen LogP contribution in [0, 0.1) is 6.92 Å². The Labute approximate surface area is 169 Å². The molecule has 1 aliphatic heterocycles. The van der Waals surface area contributed by atoms with Crippen molar-refractivity contribution in [3.63, 3.8) is 0 Å². The van der Waals surface area contributed by atoms with Crippen molar-refractivity contribution >= 4 is 41.3 Å². The van der Waals surface area contributed by atoms with E-state index in [4.69, 9.17) is 4.52 Å². The molecule has 0 aromatic carbocycles. The first-order valence-corrected chi connectivity index (χ1v) is 9.19. The molecular formula is C16H25IN6OS. The quantitative estimate of drug-likeness (QED) is 0.406. The maximum absolute atomic E-state index is 5.00. The molecule has 0 spiro atoms. The molecule has 3 heterocycles. The molecule has 1 fully saturated rings. The number of aryl methyl sites for hydroxylation is 1. The van der Waals surface area contributed by atoms with Gasteiger partial charge < -0.3 is 14.7 Å². The lowest BCUT2D eigenvalue weighted by atomic mass is 10.3. The Morgan fingerprint density at radius 1 is 1.36 bits per heavy atom. The predicted octanol–water partition coefficient (Wildman–Crippen LogP) is 2.34. The Hall–Kier alpha value is -1.20. The van der Waals surface area contributed by atoms with Crippen molar-refractivity contribution in [2.45, 2.75) is 26.9 Å². The monoisotopic (exact) mass is 476 g/mol. The summed E-state index contributed by atoms with van der Waals surface area (Å²) >= 11 is 1.83. The number of nitrogens with one attached hydrogen (secondary N) is 1. The predicted molar refractivity (Wildman–Crippen MR) is 110 cm³/mol. The van der Waals surface area contributed by atoms with Crippen LogP contribution in [0.25, 0.3) is 0 Å². The van der Waals surface area contributed by atoms with Crippen LogP contribution in [0.3, 0.4) is 0 Å². The number of halogens is 1. The number of piperazine rings is 1. The van der Waals surface area contributed by atoms with Gasteiger partial charge >= 0.3 is 0 Å². The largest absolute Gasteiger partial charge is 0.357 e. The highest BCUT2D eigenvalue weighted by molar-refractivity contribution is 14.0. The van der Waals surface area contributed by atoms with Gasteiger partial charge in [0.25, 0.3) is 0 Å². The van der Waals surface area contributed by atoms with Crippen molar-refractivity contribution in [1.29, 1.82) is 0 Å². The maximum Gasteiger partial charge on any atom is 0.223 e. The van der Waals surface area contributed by atoms with Gasteiger partial charge in [0, 0.05) is 51.1 Å². The Balaban J connectivity index is 0.00000225. The molecule has 138 valence electrons. The molecule has 7 nitrogen and oxygen atoms in total. The first-order chi connectivity index (χ1) is 11.7. The Bertz CT molecular complexity index is 651. The molecule has 9 heteroatoms. The third kappa shape index (κ3) is 5.93. The van der Waals surface area contributed by atoms with Gasteiger partial charge in [-0.1, -0.05) is 11.2 Å². The molecule has 0 amide bonds. The highest BCUT2D eigenvalue weighted by Gasteiger charge is 2.20. The van der Waals surface area contributed by atoms with E-state index in [-0.39, 0.29) is 24.0 Å². The minimum absolute atomic E-state index is 0. The fourth-order valence-corrected chi connectivity index (χ4v) is 3.46. The minimum Gasteiger partial charge on any atom is -0.357 e. The van der Waals surface area contributed by atoms with E-state index in [2.05, 4.69) is 54.7 Å². The number of aliphatic imine (C=N–C) groups is 1. The second-order valence-corrected chi connectivity index (χ2v) is 6.77. The van der Waals surface area contributed by atoms with E-state index in [1.165, 1.54) is 4.88 Å². The molecule has 0 radical (unpaired) electrons. The van der Waals surface area contributed by atoms with E-state index in [9.17, 15) is 0 Å². The van der Waals surface area contributed by atoms with Gasteiger partial charge in [0.05, 0.1) is 0 Å². The summed E-state index contributed by atoms with van der Waals surface area (Å²) in [7, 11) is 0. The second kappa shape index (κ2) is 10.1. The molecule has 0 atom stereocenters. The van der Waals surface area contributed by atoms with Crippen LogP contribution in [-0.4, -0.2) is 58.6 Å². The number of thiophene rings is 1.